The van der Waals surface area contributed by atoms with Crippen LogP contribution in [0.3, 0.4) is 0 Å². The summed E-state index contributed by atoms with van der Waals surface area (Å²) in [7, 11) is 0. The van der Waals surface area contributed by atoms with E-state index < -0.39 is 0 Å². The fraction of sp³-hybridized carbons (Fsp3) is 0.300. The molecule has 7 heteroatoms. The first-order valence-electron chi connectivity index (χ1n) is 9.17. The molecule has 138 valence electrons. The number of guanidine groups is 1. The van der Waals surface area contributed by atoms with Crippen LogP contribution in [0.15, 0.2) is 53.5 Å². The van der Waals surface area contributed by atoms with Gasteiger partial charge in [0.25, 0.3) is 0 Å². The molecular formula is C20H21ClN6. The fourth-order valence-corrected chi connectivity index (χ4v) is 3.81. The standard InChI is InChI=1S/C20H21ClN6/c1-13(2)25-11-22-19-24-18(14-7-9-15(21)10-8-14)27-17-6-4-3-5-16(17)23-20(27)26(19)12-25/h3-10,13,18H,11-12H2,1-2H3,(H,22,24)/t18-/m0/s1. The molecule has 0 fully saturated rings. The summed E-state index contributed by atoms with van der Waals surface area (Å²) >= 11 is 6.10. The predicted molar refractivity (Wildman–Crippen MR) is 109 cm³/mol. The molecule has 0 amide bonds. The lowest BCUT2D eigenvalue weighted by Crippen LogP contribution is -2.58. The Bertz CT molecular complexity index is 1020. The third kappa shape index (κ3) is 2.67. The lowest BCUT2D eigenvalue weighted by Gasteiger charge is -2.42. The van der Waals surface area contributed by atoms with Crippen LogP contribution in [0.1, 0.15) is 25.6 Å². The molecule has 0 saturated heterocycles. The molecule has 2 aliphatic rings. The predicted octanol–water partition coefficient (Wildman–Crippen LogP) is 3.64. The van der Waals surface area contributed by atoms with Crippen molar-refractivity contribution in [3.8, 4) is 0 Å². The number of aliphatic imine (C=N–C) groups is 1. The lowest BCUT2D eigenvalue weighted by molar-refractivity contribution is 0.221. The summed E-state index contributed by atoms with van der Waals surface area (Å²) in [6.07, 6.45) is -0.0785. The third-order valence-electron chi connectivity index (χ3n) is 5.24. The van der Waals surface area contributed by atoms with Crippen LogP contribution >= 0.6 is 11.6 Å². The van der Waals surface area contributed by atoms with Gasteiger partial charge in [-0.05, 0) is 43.7 Å². The largest absolute Gasteiger partial charge is 0.331 e. The average Bonchev–Trinajstić information content (AvgIpc) is 3.07. The highest BCUT2D eigenvalue weighted by molar-refractivity contribution is 6.30. The van der Waals surface area contributed by atoms with E-state index in [0.29, 0.717) is 12.7 Å². The van der Waals surface area contributed by atoms with Crippen molar-refractivity contribution < 1.29 is 0 Å². The Kier molecular flexibility index (Phi) is 3.84. The lowest BCUT2D eigenvalue weighted by atomic mass is 10.1. The number of hydrogen-bond donors (Lipinski definition) is 1. The second kappa shape index (κ2) is 6.25. The molecule has 2 aromatic carbocycles. The van der Waals surface area contributed by atoms with Crippen LogP contribution in [0.4, 0.5) is 5.95 Å². The molecule has 0 unspecified atom stereocenters. The second-order valence-corrected chi connectivity index (χ2v) is 7.68. The number of para-hydroxylation sites is 2. The molecule has 0 saturated carbocycles. The van der Waals surface area contributed by atoms with E-state index in [4.69, 9.17) is 21.6 Å². The van der Waals surface area contributed by atoms with E-state index in [1.54, 1.807) is 0 Å². The van der Waals surface area contributed by atoms with Crippen LogP contribution in [-0.4, -0.2) is 39.8 Å². The third-order valence-corrected chi connectivity index (χ3v) is 5.49. The maximum absolute atomic E-state index is 6.10. The van der Waals surface area contributed by atoms with E-state index in [1.807, 2.05) is 18.2 Å². The summed E-state index contributed by atoms with van der Waals surface area (Å²) in [5, 5.41) is 4.35. The van der Waals surface area contributed by atoms with Crippen molar-refractivity contribution in [1.82, 2.24) is 19.8 Å². The first-order chi connectivity index (χ1) is 13.1. The number of nitrogens with zero attached hydrogens (tertiary/aromatic N) is 5. The van der Waals surface area contributed by atoms with Crippen LogP contribution < -0.4 is 10.2 Å². The van der Waals surface area contributed by atoms with Crippen LogP contribution in [0.2, 0.25) is 5.02 Å². The van der Waals surface area contributed by atoms with Crippen molar-refractivity contribution in [3.63, 3.8) is 0 Å². The van der Waals surface area contributed by atoms with E-state index in [0.717, 1.165) is 40.2 Å². The molecule has 5 rings (SSSR count). The van der Waals surface area contributed by atoms with Gasteiger partial charge < -0.3 is 5.32 Å². The minimum atomic E-state index is -0.0785. The summed E-state index contributed by atoms with van der Waals surface area (Å²) in [4.78, 5) is 14.2. The van der Waals surface area contributed by atoms with Crippen molar-refractivity contribution in [3.05, 3.63) is 59.1 Å². The number of benzene rings is 2. The number of fused-ring (bicyclic) bond motifs is 5. The molecule has 0 bridgehead atoms. The first-order valence-corrected chi connectivity index (χ1v) is 9.54. The number of anilines is 1. The van der Waals surface area contributed by atoms with Gasteiger partial charge in [-0.15, -0.1) is 0 Å². The normalized spacial score (nSPS) is 19.6. The molecule has 0 radical (unpaired) electrons. The van der Waals surface area contributed by atoms with Gasteiger partial charge in [-0.1, -0.05) is 35.9 Å². The summed E-state index contributed by atoms with van der Waals surface area (Å²) in [5.41, 5.74) is 3.20. The monoisotopic (exact) mass is 380 g/mol. The minimum Gasteiger partial charge on any atom is -0.331 e. The van der Waals surface area contributed by atoms with Gasteiger partial charge in [0.05, 0.1) is 24.4 Å². The summed E-state index contributed by atoms with van der Waals surface area (Å²) in [5.74, 6) is 1.79. The Morgan fingerprint density at radius 2 is 1.89 bits per heavy atom. The average molecular weight is 381 g/mol. The topological polar surface area (TPSA) is 48.7 Å². The van der Waals surface area contributed by atoms with Gasteiger partial charge >= 0.3 is 0 Å². The molecule has 0 aliphatic carbocycles. The van der Waals surface area contributed by atoms with Gasteiger partial charge in [-0.2, -0.15) is 0 Å². The molecule has 0 spiro atoms. The summed E-state index contributed by atoms with van der Waals surface area (Å²) in [6.45, 7) is 5.83. The van der Waals surface area contributed by atoms with Gasteiger partial charge in [0.2, 0.25) is 11.9 Å². The van der Waals surface area contributed by atoms with Crippen LogP contribution in [-0.2, 0) is 0 Å². The molecular weight excluding hydrogens is 360 g/mol. The minimum absolute atomic E-state index is 0.0785. The molecule has 1 N–H and O–H groups in total. The number of halogens is 1. The van der Waals surface area contributed by atoms with E-state index in [9.17, 15) is 0 Å². The zero-order chi connectivity index (χ0) is 18.5. The number of hydrogen-bond acceptors (Lipinski definition) is 5. The molecule has 1 atom stereocenters. The van der Waals surface area contributed by atoms with Gasteiger partial charge in [0.1, 0.15) is 6.17 Å². The van der Waals surface area contributed by atoms with Gasteiger partial charge in [0, 0.05) is 11.1 Å². The smallest absolute Gasteiger partial charge is 0.216 e. The first kappa shape index (κ1) is 16.6. The van der Waals surface area contributed by atoms with E-state index in [-0.39, 0.29) is 6.17 Å². The summed E-state index contributed by atoms with van der Waals surface area (Å²) < 4.78 is 2.25. The number of imidazole rings is 1. The quantitative estimate of drug-likeness (QED) is 0.737. The van der Waals surface area contributed by atoms with E-state index >= 15 is 0 Å². The number of aromatic nitrogens is 2. The van der Waals surface area contributed by atoms with Gasteiger partial charge in [-0.25, -0.2) is 9.98 Å². The van der Waals surface area contributed by atoms with Crippen molar-refractivity contribution in [2.45, 2.75) is 26.1 Å². The van der Waals surface area contributed by atoms with Crippen molar-refractivity contribution in [1.29, 1.82) is 0 Å². The Hall–Kier alpha value is -2.57. The highest BCUT2D eigenvalue weighted by atomic mass is 35.5. The Balaban J connectivity index is 1.69. The van der Waals surface area contributed by atoms with E-state index in [2.05, 4.69) is 63.9 Å². The zero-order valence-electron chi connectivity index (χ0n) is 15.3. The van der Waals surface area contributed by atoms with Crippen molar-refractivity contribution >= 4 is 34.5 Å². The van der Waals surface area contributed by atoms with Crippen molar-refractivity contribution in [2.24, 2.45) is 4.99 Å². The van der Waals surface area contributed by atoms with Crippen LogP contribution in [0, 0.1) is 0 Å². The van der Waals surface area contributed by atoms with Gasteiger partial charge in [0.15, 0.2) is 0 Å². The van der Waals surface area contributed by atoms with Crippen LogP contribution in [0.5, 0.6) is 0 Å². The molecule has 1 aromatic heterocycles. The Labute approximate surface area is 163 Å². The molecule has 2 aliphatic heterocycles. The maximum atomic E-state index is 6.10. The Morgan fingerprint density at radius 1 is 1.11 bits per heavy atom. The highest BCUT2D eigenvalue weighted by Gasteiger charge is 2.36. The second-order valence-electron chi connectivity index (χ2n) is 7.24. The van der Waals surface area contributed by atoms with E-state index in [1.165, 1.54) is 0 Å². The Morgan fingerprint density at radius 3 is 2.67 bits per heavy atom. The molecule has 3 aromatic rings. The highest BCUT2D eigenvalue weighted by Crippen LogP contribution is 2.34. The van der Waals surface area contributed by atoms with Crippen LogP contribution in [0.25, 0.3) is 11.0 Å². The zero-order valence-corrected chi connectivity index (χ0v) is 16.1. The van der Waals surface area contributed by atoms with Gasteiger partial charge in [-0.3, -0.25) is 14.4 Å². The molecule has 27 heavy (non-hydrogen) atoms. The number of rotatable bonds is 2. The molecule has 6 nitrogen and oxygen atoms in total. The maximum Gasteiger partial charge on any atom is 0.216 e. The fourth-order valence-electron chi connectivity index (χ4n) is 3.69. The summed E-state index contributed by atoms with van der Waals surface area (Å²) in [6, 6.07) is 16.6. The SMILES string of the molecule is CC(C)N1CN=C2N[C@H](c3ccc(Cl)cc3)n3c(nc4ccccc43)N2C1. The molecule has 3 heterocycles. The van der Waals surface area contributed by atoms with Crippen molar-refractivity contribution in [2.75, 3.05) is 18.2 Å². The number of nitrogens with one attached hydrogen (secondary N) is 1.